The van der Waals surface area contributed by atoms with Gasteiger partial charge in [0.15, 0.2) is 5.65 Å². The molecule has 0 saturated heterocycles. The van der Waals surface area contributed by atoms with Crippen LogP contribution in [0.3, 0.4) is 0 Å². The lowest BCUT2D eigenvalue weighted by molar-refractivity contribution is 1.04. The fraction of sp³-hybridized carbons (Fsp3) is 0.235. The molecule has 3 aromatic rings. The van der Waals surface area contributed by atoms with Crippen LogP contribution in [0.5, 0.6) is 0 Å². The molecule has 0 radical (unpaired) electrons. The summed E-state index contributed by atoms with van der Waals surface area (Å²) < 4.78 is 2.13. The van der Waals surface area contributed by atoms with Crippen molar-refractivity contribution in [1.29, 1.82) is 0 Å². The number of nitrogens with zero attached hydrogens (tertiary/aromatic N) is 2. The molecular formula is C17H19N3. The van der Waals surface area contributed by atoms with E-state index >= 15 is 0 Å². The lowest BCUT2D eigenvalue weighted by Crippen LogP contribution is -1.97. The van der Waals surface area contributed by atoms with Crippen LogP contribution in [-0.2, 0) is 0 Å². The summed E-state index contributed by atoms with van der Waals surface area (Å²) in [6.45, 7) is 8.41. The van der Waals surface area contributed by atoms with Gasteiger partial charge >= 0.3 is 0 Å². The second kappa shape index (κ2) is 4.37. The number of nitrogen functional groups attached to an aromatic ring is 1. The Morgan fingerprint density at radius 2 is 1.75 bits per heavy atom. The van der Waals surface area contributed by atoms with Gasteiger partial charge < -0.3 is 5.73 Å². The highest BCUT2D eigenvalue weighted by atomic mass is 15.0. The number of anilines is 1. The summed E-state index contributed by atoms with van der Waals surface area (Å²) in [6.07, 6.45) is 0. The van der Waals surface area contributed by atoms with Crippen molar-refractivity contribution < 1.29 is 0 Å². The highest BCUT2D eigenvalue weighted by Gasteiger charge is 2.15. The van der Waals surface area contributed by atoms with Crippen LogP contribution >= 0.6 is 0 Å². The summed E-state index contributed by atoms with van der Waals surface area (Å²) in [5, 5.41) is 0. The first-order valence-electron chi connectivity index (χ1n) is 6.81. The molecule has 0 aliphatic carbocycles. The molecule has 3 rings (SSSR count). The molecule has 3 nitrogen and oxygen atoms in total. The van der Waals surface area contributed by atoms with Crippen LogP contribution in [-0.4, -0.2) is 9.38 Å². The molecule has 20 heavy (non-hydrogen) atoms. The van der Waals surface area contributed by atoms with Crippen molar-refractivity contribution in [2.24, 2.45) is 0 Å². The normalized spacial score (nSPS) is 11.2. The van der Waals surface area contributed by atoms with Crippen molar-refractivity contribution in [2.45, 2.75) is 27.7 Å². The summed E-state index contributed by atoms with van der Waals surface area (Å²) in [7, 11) is 0. The SMILES string of the molecule is Cc1ccc(-c2nc3c(N)ccc(C)n3c2C)c(C)c1. The highest BCUT2D eigenvalue weighted by molar-refractivity contribution is 5.75. The van der Waals surface area contributed by atoms with Gasteiger partial charge in [-0.2, -0.15) is 0 Å². The molecule has 0 unspecified atom stereocenters. The predicted molar refractivity (Wildman–Crippen MR) is 84.0 cm³/mol. The van der Waals surface area contributed by atoms with Gasteiger partial charge in [0.2, 0.25) is 0 Å². The number of benzene rings is 1. The Morgan fingerprint density at radius 1 is 1.00 bits per heavy atom. The van der Waals surface area contributed by atoms with Crippen LogP contribution in [0.25, 0.3) is 16.9 Å². The molecule has 0 saturated carbocycles. The van der Waals surface area contributed by atoms with Gasteiger partial charge in [0, 0.05) is 17.0 Å². The third kappa shape index (κ3) is 1.78. The molecule has 2 heterocycles. The van der Waals surface area contributed by atoms with Crippen molar-refractivity contribution in [1.82, 2.24) is 9.38 Å². The van der Waals surface area contributed by atoms with Gasteiger partial charge in [-0.15, -0.1) is 0 Å². The maximum Gasteiger partial charge on any atom is 0.161 e. The first kappa shape index (κ1) is 12.7. The molecule has 0 aliphatic heterocycles. The Labute approximate surface area is 119 Å². The van der Waals surface area contributed by atoms with Crippen molar-refractivity contribution >= 4 is 11.3 Å². The zero-order valence-corrected chi connectivity index (χ0v) is 12.4. The van der Waals surface area contributed by atoms with Crippen LogP contribution in [0.15, 0.2) is 30.3 Å². The maximum atomic E-state index is 6.06. The Kier molecular flexibility index (Phi) is 2.78. The molecule has 2 N–H and O–H groups in total. The molecule has 0 bridgehead atoms. The molecule has 0 amide bonds. The van der Waals surface area contributed by atoms with E-state index in [9.17, 15) is 0 Å². The molecule has 0 spiro atoms. The molecule has 0 aliphatic rings. The van der Waals surface area contributed by atoms with Crippen molar-refractivity contribution in [3.05, 3.63) is 52.8 Å². The average Bonchev–Trinajstić information content (AvgIpc) is 2.73. The number of nitrogens with two attached hydrogens (primary N) is 1. The fourth-order valence-electron chi connectivity index (χ4n) is 2.82. The van der Waals surface area contributed by atoms with Crippen molar-refractivity contribution in [2.75, 3.05) is 5.73 Å². The Bertz CT molecular complexity index is 813. The average molecular weight is 265 g/mol. The molecule has 0 fully saturated rings. The monoisotopic (exact) mass is 265 g/mol. The number of hydrogen-bond donors (Lipinski definition) is 1. The van der Waals surface area contributed by atoms with E-state index in [-0.39, 0.29) is 0 Å². The molecule has 102 valence electrons. The number of aryl methyl sites for hydroxylation is 4. The first-order valence-corrected chi connectivity index (χ1v) is 6.81. The standard InChI is InChI=1S/C17H19N3/c1-10-5-7-14(11(2)9-10)16-13(4)20-12(3)6-8-15(18)17(20)19-16/h5-9H,18H2,1-4H3. The summed E-state index contributed by atoms with van der Waals surface area (Å²) in [6, 6.07) is 10.4. The second-order valence-electron chi connectivity index (χ2n) is 5.45. The smallest absolute Gasteiger partial charge is 0.161 e. The first-order chi connectivity index (χ1) is 9.49. The van der Waals surface area contributed by atoms with Gasteiger partial charge in [0.25, 0.3) is 0 Å². The zero-order valence-electron chi connectivity index (χ0n) is 12.4. The quantitative estimate of drug-likeness (QED) is 0.727. The minimum absolute atomic E-state index is 0.717. The van der Waals surface area contributed by atoms with Gasteiger partial charge in [-0.05, 0) is 45.4 Å². The van der Waals surface area contributed by atoms with Crippen LogP contribution in [0.1, 0.15) is 22.5 Å². The van der Waals surface area contributed by atoms with Crippen LogP contribution in [0.2, 0.25) is 0 Å². The number of pyridine rings is 1. The minimum atomic E-state index is 0.717. The topological polar surface area (TPSA) is 43.3 Å². The molecule has 3 heteroatoms. The van der Waals surface area contributed by atoms with E-state index in [4.69, 9.17) is 10.7 Å². The fourth-order valence-corrected chi connectivity index (χ4v) is 2.82. The molecule has 1 aromatic carbocycles. The van der Waals surface area contributed by atoms with Gasteiger partial charge in [-0.3, -0.25) is 4.40 Å². The third-order valence-corrected chi connectivity index (χ3v) is 3.86. The van der Waals surface area contributed by atoms with E-state index in [1.807, 2.05) is 12.1 Å². The Hall–Kier alpha value is -2.29. The largest absolute Gasteiger partial charge is 0.396 e. The van der Waals surface area contributed by atoms with Crippen LogP contribution in [0, 0.1) is 27.7 Å². The third-order valence-electron chi connectivity index (χ3n) is 3.86. The second-order valence-corrected chi connectivity index (χ2v) is 5.45. The summed E-state index contributed by atoms with van der Waals surface area (Å²) in [5.41, 5.74) is 14.6. The van der Waals surface area contributed by atoms with Crippen LogP contribution < -0.4 is 5.73 Å². The highest BCUT2D eigenvalue weighted by Crippen LogP contribution is 2.29. The van der Waals surface area contributed by atoms with Crippen molar-refractivity contribution in [3.63, 3.8) is 0 Å². The molecular weight excluding hydrogens is 246 g/mol. The van der Waals surface area contributed by atoms with Crippen molar-refractivity contribution in [3.8, 4) is 11.3 Å². The number of fused-ring (bicyclic) bond motifs is 1. The zero-order chi connectivity index (χ0) is 14.4. The van der Waals surface area contributed by atoms with E-state index in [1.54, 1.807) is 0 Å². The predicted octanol–water partition coefficient (Wildman–Crippen LogP) is 3.82. The van der Waals surface area contributed by atoms with E-state index < -0.39 is 0 Å². The maximum absolute atomic E-state index is 6.06. The van der Waals surface area contributed by atoms with E-state index in [0.717, 1.165) is 28.4 Å². The van der Waals surface area contributed by atoms with E-state index in [2.05, 4.69) is 50.3 Å². The number of rotatable bonds is 1. The van der Waals surface area contributed by atoms with Gasteiger partial charge in [-0.1, -0.05) is 23.8 Å². The summed E-state index contributed by atoms with van der Waals surface area (Å²) in [4.78, 5) is 4.77. The Balaban J connectivity index is 2.35. The van der Waals surface area contributed by atoms with Crippen LogP contribution in [0.4, 0.5) is 5.69 Å². The number of imidazole rings is 1. The molecule has 2 aromatic heterocycles. The van der Waals surface area contributed by atoms with E-state index in [0.29, 0.717) is 0 Å². The Morgan fingerprint density at radius 3 is 2.40 bits per heavy atom. The van der Waals surface area contributed by atoms with Gasteiger partial charge in [0.05, 0.1) is 11.4 Å². The molecule has 0 atom stereocenters. The van der Waals surface area contributed by atoms with Gasteiger partial charge in [-0.25, -0.2) is 4.98 Å². The lowest BCUT2D eigenvalue weighted by atomic mass is 10.0. The summed E-state index contributed by atoms with van der Waals surface area (Å²) >= 11 is 0. The minimum Gasteiger partial charge on any atom is -0.396 e. The van der Waals surface area contributed by atoms with E-state index in [1.165, 1.54) is 16.7 Å². The number of aromatic nitrogens is 2. The lowest BCUT2D eigenvalue weighted by Gasteiger charge is -2.06. The summed E-state index contributed by atoms with van der Waals surface area (Å²) in [5.74, 6) is 0. The number of hydrogen-bond acceptors (Lipinski definition) is 2. The van der Waals surface area contributed by atoms with Gasteiger partial charge in [0.1, 0.15) is 0 Å².